The van der Waals surface area contributed by atoms with Gasteiger partial charge in [-0.2, -0.15) is 4.31 Å². The van der Waals surface area contributed by atoms with Crippen molar-refractivity contribution < 1.29 is 17.7 Å². The van der Waals surface area contributed by atoms with Crippen molar-refractivity contribution in [2.75, 3.05) is 11.9 Å². The molecule has 1 aromatic heterocycles. The Labute approximate surface area is 160 Å². The molecule has 1 N–H and O–H groups in total. The first-order valence-corrected chi connectivity index (χ1v) is 10.3. The van der Waals surface area contributed by atoms with Gasteiger partial charge in [0.2, 0.25) is 15.9 Å². The monoisotopic (exact) mass is 393 g/mol. The molecule has 7 nitrogen and oxygen atoms in total. The second kappa shape index (κ2) is 8.22. The first kappa shape index (κ1) is 21.1. The van der Waals surface area contributed by atoms with Crippen LogP contribution in [0.2, 0.25) is 0 Å². The van der Waals surface area contributed by atoms with Gasteiger partial charge in [-0.3, -0.25) is 4.79 Å². The molecule has 0 bridgehead atoms. The van der Waals surface area contributed by atoms with E-state index in [0.29, 0.717) is 6.42 Å². The average molecular weight is 394 g/mol. The largest absolute Gasteiger partial charge is 0.363 e. The van der Waals surface area contributed by atoms with Crippen LogP contribution in [0.1, 0.15) is 46.6 Å². The summed E-state index contributed by atoms with van der Waals surface area (Å²) in [6.45, 7) is 9.56. The zero-order valence-corrected chi connectivity index (χ0v) is 17.2. The van der Waals surface area contributed by atoms with E-state index in [1.807, 2.05) is 19.1 Å². The highest BCUT2D eigenvalue weighted by atomic mass is 32.2. The lowest BCUT2D eigenvalue weighted by Gasteiger charge is -2.27. The number of rotatable bonds is 7. The highest BCUT2D eigenvalue weighted by Crippen LogP contribution is 2.25. The Bertz CT molecular complexity index is 853. The van der Waals surface area contributed by atoms with Crippen LogP contribution in [-0.4, -0.2) is 36.4 Å². The number of sulfonamides is 1. The molecular weight excluding hydrogens is 366 g/mol. The third-order valence-corrected chi connectivity index (χ3v) is 6.39. The van der Waals surface area contributed by atoms with Crippen molar-refractivity contribution in [2.24, 2.45) is 0 Å². The zero-order valence-electron chi connectivity index (χ0n) is 16.4. The van der Waals surface area contributed by atoms with Crippen molar-refractivity contribution >= 4 is 21.7 Å². The van der Waals surface area contributed by atoms with Gasteiger partial charge in [-0.1, -0.05) is 45.0 Å². The van der Waals surface area contributed by atoms with E-state index < -0.39 is 15.9 Å². The fourth-order valence-electron chi connectivity index (χ4n) is 2.54. The highest BCUT2D eigenvalue weighted by molar-refractivity contribution is 7.89. The Morgan fingerprint density at radius 3 is 2.33 bits per heavy atom. The van der Waals surface area contributed by atoms with Crippen molar-refractivity contribution in [2.45, 2.75) is 57.4 Å². The summed E-state index contributed by atoms with van der Waals surface area (Å²) in [6, 6.07) is 7.99. The molecule has 0 aliphatic carbocycles. The average Bonchev–Trinajstić information content (AvgIpc) is 3.11. The summed E-state index contributed by atoms with van der Waals surface area (Å²) < 4.78 is 32.2. The van der Waals surface area contributed by atoms with Crippen LogP contribution in [0.15, 0.2) is 46.0 Å². The molecule has 8 heteroatoms. The lowest BCUT2D eigenvalue weighted by atomic mass is 9.87. The predicted octanol–water partition coefficient (Wildman–Crippen LogP) is 3.40. The van der Waals surface area contributed by atoms with Gasteiger partial charge in [0, 0.05) is 12.1 Å². The van der Waals surface area contributed by atoms with Crippen LogP contribution in [0, 0.1) is 0 Å². The molecular formula is C19H27N3O4S. The van der Waals surface area contributed by atoms with Gasteiger partial charge in [-0.05, 0) is 36.5 Å². The number of nitrogens with one attached hydrogen (secondary N) is 1. The Kier molecular flexibility index (Phi) is 6.43. The number of aromatic nitrogens is 1. The molecule has 2 rings (SSSR count). The number of anilines is 1. The smallest absolute Gasteiger partial charge is 0.243 e. The molecule has 27 heavy (non-hydrogen) atoms. The molecule has 1 amide bonds. The van der Waals surface area contributed by atoms with E-state index in [1.54, 1.807) is 19.1 Å². The second-order valence-electron chi connectivity index (χ2n) is 7.51. The molecule has 0 aliphatic heterocycles. The van der Waals surface area contributed by atoms with E-state index >= 15 is 0 Å². The minimum Gasteiger partial charge on any atom is -0.363 e. The molecule has 0 aliphatic rings. The summed E-state index contributed by atoms with van der Waals surface area (Å²) in [6.07, 6.45) is 1.91. The van der Waals surface area contributed by atoms with E-state index in [4.69, 9.17) is 0 Å². The molecule has 0 spiro atoms. The third-order valence-electron chi connectivity index (χ3n) is 4.41. The predicted molar refractivity (Wildman–Crippen MR) is 104 cm³/mol. The topological polar surface area (TPSA) is 92.5 Å². The molecule has 0 saturated carbocycles. The quantitative estimate of drug-likeness (QED) is 0.778. The first-order chi connectivity index (χ1) is 12.6. The molecule has 1 heterocycles. The molecule has 1 aromatic carbocycles. The number of amides is 1. The van der Waals surface area contributed by atoms with Gasteiger partial charge >= 0.3 is 0 Å². The summed E-state index contributed by atoms with van der Waals surface area (Å²) in [5, 5.41) is 6.14. The van der Waals surface area contributed by atoms with Crippen molar-refractivity contribution in [1.82, 2.24) is 9.46 Å². The lowest BCUT2D eigenvalue weighted by molar-refractivity contribution is -0.116. The molecule has 2 aromatic rings. The van der Waals surface area contributed by atoms with E-state index in [1.165, 1.54) is 16.6 Å². The van der Waals surface area contributed by atoms with E-state index in [-0.39, 0.29) is 28.7 Å². The van der Waals surface area contributed by atoms with Crippen LogP contribution in [0.4, 0.5) is 5.82 Å². The summed E-state index contributed by atoms with van der Waals surface area (Å²) in [4.78, 5) is 12.5. The van der Waals surface area contributed by atoms with Crippen LogP contribution in [0.5, 0.6) is 0 Å². The number of nitrogens with zero attached hydrogens (tertiary/aromatic N) is 2. The van der Waals surface area contributed by atoms with Crippen LogP contribution >= 0.6 is 0 Å². The van der Waals surface area contributed by atoms with Crippen molar-refractivity contribution in [3.8, 4) is 0 Å². The maximum atomic E-state index is 13.1. The Morgan fingerprint density at radius 1 is 1.22 bits per heavy atom. The number of carbonyl (C=O) groups is 1. The van der Waals surface area contributed by atoms with E-state index in [9.17, 15) is 13.2 Å². The number of benzene rings is 1. The van der Waals surface area contributed by atoms with Crippen LogP contribution in [-0.2, 0) is 20.2 Å². The highest BCUT2D eigenvalue weighted by Gasteiger charge is 2.30. The fraction of sp³-hybridized carbons (Fsp3) is 0.474. The van der Waals surface area contributed by atoms with Gasteiger partial charge in [0.05, 0.1) is 11.4 Å². The van der Waals surface area contributed by atoms with Crippen molar-refractivity contribution in [1.29, 1.82) is 0 Å². The van der Waals surface area contributed by atoms with Crippen LogP contribution in [0.3, 0.4) is 0 Å². The van der Waals surface area contributed by atoms with Crippen LogP contribution < -0.4 is 5.32 Å². The van der Waals surface area contributed by atoms with Gasteiger partial charge in [-0.25, -0.2) is 8.42 Å². The van der Waals surface area contributed by atoms with Crippen LogP contribution in [0.25, 0.3) is 0 Å². The number of hydrogen-bond acceptors (Lipinski definition) is 5. The normalized spacial score (nSPS) is 13.6. The zero-order chi connectivity index (χ0) is 20.2. The van der Waals surface area contributed by atoms with E-state index in [0.717, 1.165) is 5.56 Å². The summed E-state index contributed by atoms with van der Waals surface area (Å²) in [5.74, 6) is -0.227. The minimum absolute atomic E-state index is 0.0732. The SMILES string of the molecule is CC[C@H](C)N(CC(=O)Nc1ccon1)S(=O)(=O)c1ccc(C(C)(C)C)cc1. The summed E-state index contributed by atoms with van der Waals surface area (Å²) in [5.41, 5.74) is 0.969. The van der Waals surface area contributed by atoms with Gasteiger partial charge in [0.1, 0.15) is 6.26 Å². The molecule has 0 unspecified atom stereocenters. The molecule has 0 fully saturated rings. The summed E-state index contributed by atoms with van der Waals surface area (Å²) >= 11 is 0. The third kappa shape index (κ3) is 5.17. The number of hydrogen-bond donors (Lipinski definition) is 1. The lowest BCUT2D eigenvalue weighted by Crippen LogP contribution is -2.43. The first-order valence-electron chi connectivity index (χ1n) is 8.88. The van der Waals surface area contributed by atoms with Crippen molar-refractivity contribution in [3.05, 3.63) is 42.2 Å². The number of carbonyl (C=O) groups excluding carboxylic acids is 1. The summed E-state index contributed by atoms with van der Waals surface area (Å²) in [7, 11) is -3.82. The van der Waals surface area contributed by atoms with Gasteiger partial charge < -0.3 is 9.84 Å². The van der Waals surface area contributed by atoms with Gasteiger partial charge in [0.15, 0.2) is 5.82 Å². The molecule has 1 atom stereocenters. The minimum atomic E-state index is -3.82. The molecule has 0 saturated heterocycles. The van der Waals surface area contributed by atoms with Gasteiger partial charge in [-0.15, -0.1) is 0 Å². The second-order valence-corrected chi connectivity index (χ2v) is 9.41. The van der Waals surface area contributed by atoms with E-state index in [2.05, 4.69) is 35.8 Å². The maximum Gasteiger partial charge on any atom is 0.243 e. The Hall–Kier alpha value is -2.19. The maximum absolute atomic E-state index is 13.1. The molecule has 0 radical (unpaired) electrons. The van der Waals surface area contributed by atoms with Gasteiger partial charge in [0.25, 0.3) is 0 Å². The van der Waals surface area contributed by atoms with Crippen molar-refractivity contribution in [3.63, 3.8) is 0 Å². The molecule has 148 valence electrons. The Morgan fingerprint density at radius 2 is 1.85 bits per heavy atom. The Balaban J connectivity index is 2.27. The fourth-order valence-corrected chi connectivity index (χ4v) is 4.21. The standard InChI is InChI=1S/C19H27N3O4S/c1-6-14(2)22(13-18(23)20-17-11-12-26-21-17)27(24,25)16-9-7-15(8-10-16)19(3,4)5/h7-12,14H,6,13H2,1-5H3,(H,20,21,23)/t14-/m0/s1.